The van der Waals surface area contributed by atoms with Crippen molar-refractivity contribution in [2.45, 2.75) is 12.8 Å². The molecule has 0 aliphatic rings. The second kappa shape index (κ2) is 8.85. The molecule has 0 aliphatic heterocycles. The van der Waals surface area contributed by atoms with E-state index in [1.165, 1.54) is 0 Å². The van der Waals surface area contributed by atoms with Gasteiger partial charge in [-0.25, -0.2) is 0 Å². The van der Waals surface area contributed by atoms with Crippen LogP contribution in [0.3, 0.4) is 0 Å². The fourth-order valence-corrected chi connectivity index (χ4v) is 2.12. The summed E-state index contributed by atoms with van der Waals surface area (Å²) < 4.78 is 5.78. The van der Waals surface area contributed by atoms with Crippen molar-refractivity contribution in [2.24, 2.45) is 5.73 Å². The van der Waals surface area contributed by atoms with Crippen LogP contribution in [0.5, 0.6) is 5.75 Å². The maximum Gasteiger partial charge on any atom is 0.223 e. The van der Waals surface area contributed by atoms with Crippen molar-refractivity contribution in [3.63, 3.8) is 0 Å². The first kappa shape index (κ1) is 16.0. The third kappa shape index (κ3) is 4.90. The molecule has 1 amide bonds. The van der Waals surface area contributed by atoms with E-state index in [9.17, 15) is 4.79 Å². The van der Waals surface area contributed by atoms with Crippen LogP contribution in [-0.4, -0.2) is 25.6 Å². The first-order valence-electron chi connectivity index (χ1n) is 7.55. The second-order valence-corrected chi connectivity index (χ2v) is 4.95. The summed E-state index contributed by atoms with van der Waals surface area (Å²) in [6.07, 6.45) is 1.14. The lowest BCUT2D eigenvalue weighted by atomic mass is 10.1. The summed E-state index contributed by atoms with van der Waals surface area (Å²) in [4.78, 5) is 11.6. The summed E-state index contributed by atoms with van der Waals surface area (Å²) in [7, 11) is 0. The topological polar surface area (TPSA) is 64.3 Å². The van der Waals surface area contributed by atoms with Crippen LogP contribution in [0.2, 0.25) is 0 Å². The smallest absolute Gasteiger partial charge is 0.223 e. The molecule has 0 heterocycles. The Kier molecular flexibility index (Phi) is 6.45. The number of carbonyl (C=O) groups excluding carboxylic acids is 1. The lowest BCUT2D eigenvalue weighted by Crippen LogP contribution is -2.27. The summed E-state index contributed by atoms with van der Waals surface area (Å²) in [5.74, 6) is 0.786. The largest absolute Gasteiger partial charge is 0.492 e. The monoisotopic (exact) mass is 298 g/mol. The molecule has 2 aromatic rings. The Labute approximate surface area is 131 Å². The molecule has 2 aromatic carbocycles. The Balaban J connectivity index is 1.90. The third-order valence-electron chi connectivity index (χ3n) is 3.26. The third-order valence-corrected chi connectivity index (χ3v) is 3.26. The van der Waals surface area contributed by atoms with E-state index < -0.39 is 0 Å². The number of nitrogens with two attached hydrogens (primary N) is 1. The highest BCUT2D eigenvalue weighted by Gasteiger charge is 2.06. The molecule has 116 valence electrons. The summed E-state index contributed by atoms with van der Waals surface area (Å²) in [5.41, 5.74) is 7.52. The van der Waals surface area contributed by atoms with Gasteiger partial charge in [-0.15, -0.1) is 0 Å². The molecule has 22 heavy (non-hydrogen) atoms. The van der Waals surface area contributed by atoms with Crippen molar-refractivity contribution in [1.82, 2.24) is 5.32 Å². The molecule has 0 unspecified atom stereocenters. The van der Waals surface area contributed by atoms with E-state index in [1.807, 2.05) is 54.6 Å². The van der Waals surface area contributed by atoms with E-state index in [-0.39, 0.29) is 5.91 Å². The number of hydrogen-bond donors (Lipinski definition) is 2. The minimum Gasteiger partial charge on any atom is -0.492 e. The average molecular weight is 298 g/mol. The first-order valence-corrected chi connectivity index (χ1v) is 7.55. The molecule has 0 aromatic heterocycles. The molecule has 0 fully saturated rings. The standard InChI is InChI=1S/C18H22N2O2/c19-12-6-13-20-18(21)11-14-22-17-10-5-4-9-16(17)15-7-2-1-3-8-15/h1-5,7-10H,6,11-14,19H2,(H,20,21). The Bertz CT molecular complexity index is 585. The number of rotatable bonds is 8. The molecule has 0 atom stereocenters. The fraction of sp³-hybridized carbons (Fsp3) is 0.278. The van der Waals surface area contributed by atoms with Crippen molar-refractivity contribution >= 4 is 5.91 Å². The maximum atomic E-state index is 11.6. The molecule has 0 saturated heterocycles. The van der Waals surface area contributed by atoms with Crippen molar-refractivity contribution in [1.29, 1.82) is 0 Å². The van der Waals surface area contributed by atoms with Crippen LogP contribution >= 0.6 is 0 Å². The van der Waals surface area contributed by atoms with Gasteiger partial charge in [0.15, 0.2) is 0 Å². The van der Waals surface area contributed by atoms with Gasteiger partial charge in [-0.1, -0.05) is 48.5 Å². The zero-order valence-corrected chi connectivity index (χ0v) is 12.6. The Morgan fingerprint density at radius 2 is 1.77 bits per heavy atom. The van der Waals surface area contributed by atoms with Crippen LogP contribution < -0.4 is 15.8 Å². The molecule has 0 bridgehead atoms. The molecule has 4 nitrogen and oxygen atoms in total. The van der Waals surface area contributed by atoms with Gasteiger partial charge >= 0.3 is 0 Å². The summed E-state index contributed by atoms with van der Waals surface area (Å²) in [6.45, 7) is 1.56. The van der Waals surface area contributed by atoms with Crippen LogP contribution in [0.25, 0.3) is 11.1 Å². The van der Waals surface area contributed by atoms with Gasteiger partial charge in [0.05, 0.1) is 13.0 Å². The van der Waals surface area contributed by atoms with Gasteiger partial charge in [-0.05, 0) is 24.6 Å². The molecule has 0 spiro atoms. The molecular weight excluding hydrogens is 276 g/mol. The zero-order chi connectivity index (χ0) is 15.6. The highest BCUT2D eigenvalue weighted by atomic mass is 16.5. The minimum atomic E-state index is -0.00866. The van der Waals surface area contributed by atoms with Crippen LogP contribution in [0, 0.1) is 0 Å². The van der Waals surface area contributed by atoms with E-state index in [0.717, 1.165) is 23.3 Å². The van der Waals surface area contributed by atoms with Crippen LogP contribution in [-0.2, 0) is 4.79 Å². The quantitative estimate of drug-likeness (QED) is 0.736. The highest BCUT2D eigenvalue weighted by Crippen LogP contribution is 2.29. The number of nitrogens with one attached hydrogen (secondary N) is 1. The summed E-state index contributed by atoms with van der Waals surface area (Å²) in [5, 5.41) is 2.82. The number of amides is 1. The number of hydrogen-bond acceptors (Lipinski definition) is 3. The molecule has 4 heteroatoms. The van der Waals surface area contributed by atoms with Crippen molar-refractivity contribution in [3.8, 4) is 16.9 Å². The minimum absolute atomic E-state index is 0.00866. The van der Waals surface area contributed by atoms with Gasteiger partial charge in [0.1, 0.15) is 5.75 Å². The average Bonchev–Trinajstić information content (AvgIpc) is 2.56. The maximum absolute atomic E-state index is 11.6. The van der Waals surface area contributed by atoms with Crippen molar-refractivity contribution in [3.05, 3.63) is 54.6 Å². The normalized spacial score (nSPS) is 10.2. The molecule has 0 radical (unpaired) electrons. The number of carbonyl (C=O) groups is 1. The predicted molar refractivity (Wildman–Crippen MR) is 88.7 cm³/mol. The van der Waals surface area contributed by atoms with E-state index in [4.69, 9.17) is 10.5 Å². The highest BCUT2D eigenvalue weighted by molar-refractivity contribution is 5.76. The van der Waals surface area contributed by atoms with E-state index in [0.29, 0.717) is 26.1 Å². The van der Waals surface area contributed by atoms with Crippen LogP contribution in [0.1, 0.15) is 12.8 Å². The molecule has 0 aliphatic carbocycles. The van der Waals surface area contributed by atoms with Gasteiger partial charge in [0.2, 0.25) is 5.91 Å². The molecule has 3 N–H and O–H groups in total. The summed E-state index contributed by atoms with van der Waals surface area (Å²) in [6, 6.07) is 17.9. The zero-order valence-electron chi connectivity index (χ0n) is 12.6. The van der Waals surface area contributed by atoms with E-state index in [1.54, 1.807) is 0 Å². The predicted octanol–water partition coefficient (Wildman–Crippen LogP) is 2.59. The van der Waals surface area contributed by atoms with Crippen molar-refractivity contribution in [2.75, 3.05) is 19.7 Å². The van der Waals surface area contributed by atoms with Crippen molar-refractivity contribution < 1.29 is 9.53 Å². The number of benzene rings is 2. The fourth-order valence-electron chi connectivity index (χ4n) is 2.12. The van der Waals surface area contributed by atoms with Gasteiger partial charge in [0, 0.05) is 12.1 Å². The van der Waals surface area contributed by atoms with Crippen LogP contribution in [0.15, 0.2) is 54.6 Å². The lowest BCUT2D eigenvalue weighted by Gasteiger charge is -2.11. The van der Waals surface area contributed by atoms with E-state index >= 15 is 0 Å². The molecule has 0 saturated carbocycles. The van der Waals surface area contributed by atoms with E-state index in [2.05, 4.69) is 5.32 Å². The lowest BCUT2D eigenvalue weighted by molar-refractivity contribution is -0.121. The first-order chi connectivity index (χ1) is 10.8. The summed E-state index contributed by atoms with van der Waals surface area (Å²) >= 11 is 0. The van der Waals surface area contributed by atoms with Gasteiger partial charge in [-0.3, -0.25) is 4.79 Å². The Morgan fingerprint density at radius 3 is 2.55 bits per heavy atom. The van der Waals surface area contributed by atoms with Gasteiger partial charge in [0.25, 0.3) is 0 Å². The molecule has 2 rings (SSSR count). The molecular formula is C18H22N2O2. The number of para-hydroxylation sites is 1. The van der Waals surface area contributed by atoms with Crippen LogP contribution in [0.4, 0.5) is 0 Å². The second-order valence-electron chi connectivity index (χ2n) is 4.95. The van der Waals surface area contributed by atoms with Gasteiger partial charge < -0.3 is 15.8 Å². The Morgan fingerprint density at radius 1 is 1.05 bits per heavy atom. The SMILES string of the molecule is NCCCNC(=O)CCOc1ccccc1-c1ccccc1. The Hall–Kier alpha value is -2.33. The van der Waals surface area contributed by atoms with Gasteiger partial charge in [-0.2, -0.15) is 0 Å². The number of ether oxygens (including phenoxy) is 1.